The summed E-state index contributed by atoms with van der Waals surface area (Å²) in [6.45, 7) is 2.58. The summed E-state index contributed by atoms with van der Waals surface area (Å²) in [4.78, 5) is 19.2. The fraction of sp³-hybridized carbons (Fsp3) is 0.333. The molecule has 2 aromatic rings. The first-order valence-corrected chi connectivity index (χ1v) is 7.07. The highest BCUT2D eigenvalue weighted by molar-refractivity contribution is 6.31. The number of nitrogens with two attached hydrogens (primary N) is 1. The molecule has 3 N–H and O–H groups in total. The number of aliphatic imine (C=N–C) groups is 1. The number of primary amides is 1. The number of rotatable bonds is 3. The van der Waals surface area contributed by atoms with E-state index in [1.165, 1.54) is 5.56 Å². The van der Waals surface area contributed by atoms with Crippen molar-refractivity contribution in [3.63, 3.8) is 0 Å². The molecule has 0 saturated carbocycles. The Morgan fingerprint density at radius 1 is 1.55 bits per heavy atom. The number of hydrogen-bond acceptors (Lipinski definition) is 2. The second-order valence-corrected chi connectivity index (χ2v) is 5.69. The van der Waals surface area contributed by atoms with Crippen LogP contribution >= 0.6 is 11.6 Å². The first-order chi connectivity index (χ1) is 9.56. The van der Waals surface area contributed by atoms with E-state index in [-0.39, 0.29) is 11.8 Å². The second-order valence-electron chi connectivity index (χ2n) is 5.25. The number of halogens is 1. The molecule has 0 radical (unpaired) electrons. The van der Waals surface area contributed by atoms with Crippen LogP contribution < -0.4 is 5.73 Å². The molecule has 1 aromatic heterocycles. The minimum Gasteiger partial charge on any atom is -0.369 e. The number of nitrogens with zero attached hydrogens (tertiary/aromatic N) is 1. The minimum atomic E-state index is -0.293. The van der Waals surface area contributed by atoms with E-state index in [4.69, 9.17) is 17.3 Å². The van der Waals surface area contributed by atoms with Crippen molar-refractivity contribution in [1.82, 2.24) is 4.98 Å². The van der Waals surface area contributed by atoms with Crippen LogP contribution in [0.4, 0.5) is 0 Å². The van der Waals surface area contributed by atoms with Crippen LogP contribution in [0.1, 0.15) is 24.6 Å². The third kappa shape index (κ3) is 2.20. The van der Waals surface area contributed by atoms with Crippen LogP contribution in [-0.4, -0.2) is 23.1 Å². The normalized spacial score (nSPS) is 15.8. The zero-order valence-electron chi connectivity index (χ0n) is 11.2. The first kappa shape index (κ1) is 13.2. The summed E-state index contributed by atoms with van der Waals surface area (Å²) in [6, 6.07) is 5.83. The third-order valence-corrected chi connectivity index (χ3v) is 4.04. The van der Waals surface area contributed by atoms with E-state index in [1.54, 1.807) is 0 Å². The lowest BCUT2D eigenvalue weighted by molar-refractivity contribution is -0.121. The average molecular weight is 290 g/mol. The van der Waals surface area contributed by atoms with Gasteiger partial charge in [0, 0.05) is 34.8 Å². The van der Waals surface area contributed by atoms with Gasteiger partial charge in [-0.2, -0.15) is 0 Å². The monoisotopic (exact) mass is 289 g/mol. The summed E-state index contributed by atoms with van der Waals surface area (Å²) in [7, 11) is 0. The number of nitrogens with one attached hydrogen (secondary N) is 1. The minimum absolute atomic E-state index is 0.213. The van der Waals surface area contributed by atoms with Crippen LogP contribution in [0.2, 0.25) is 5.02 Å². The maximum Gasteiger partial charge on any atom is 0.220 e. The van der Waals surface area contributed by atoms with Crippen LogP contribution in [0.15, 0.2) is 23.2 Å². The van der Waals surface area contributed by atoms with Crippen molar-refractivity contribution in [2.75, 3.05) is 6.54 Å². The SMILES string of the molecule is CC(CC1=NCCc2c1[nH]c1ccc(Cl)cc21)C(N)=O. The molecule has 3 rings (SSSR count). The van der Waals surface area contributed by atoms with Crippen LogP contribution in [-0.2, 0) is 11.2 Å². The lowest BCUT2D eigenvalue weighted by atomic mass is 9.96. The Balaban J connectivity index is 2.04. The number of H-pyrrole nitrogens is 1. The highest BCUT2D eigenvalue weighted by atomic mass is 35.5. The molecule has 0 spiro atoms. The molecular weight excluding hydrogens is 274 g/mol. The van der Waals surface area contributed by atoms with Gasteiger partial charge in [0.15, 0.2) is 0 Å². The van der Waals surface area contributed by atoms with E-state index < -0.39 is 0 Å². The summed E-state index contributed by atoms with van der Waals surface area (Å²) in [5, 5.41) is 1.88. The Morgan fingerprint density at radius 3 is 3.10 bits per heavy atom. The van der Waals surface area contributed by atoms with Gasteiger partial charge in [-0.25, -0.2) is 0 Å². The number of benzene rings is 1. The number of carbonyl (C=O) groups excluding carboxylic acids is 1. The van der Waals surface area contributed by atoms with E-state index in [0.29, 0.717) is 6.42 Å². The summed E-state index contributed by atoms with van der Waals surface area (Å²) in [5.74, 6) is -0.506. The zero-order chi connectivity index (χ0) is 14.3. The molecule has 1 aliphatic heterocycles. The molecule has 4 nitrogen and oxygen atoms in total. The highest BCUT2D eigenvalue weighted by Gasteiger charge is 2.22. The van der Waals surface area contributed by atoms with Crippen molar-refractivity contribution in [3.05, 3.63) is 34.5 Å². The number of amides is 1. The number of fused-ring (bicyclic) bond motifs is 3. The molecule has 1 unspecified atom stereocenters. The van der Waals surface area contributed by atoms with Crippen molar-refractivity contribution in [3.8, 4) is 0 Å². The fourth-order valence-corrected chi connectivity index (χ4v) is 2.84. The van der Waals surface area contributed by atoms with Gasteiger partial charge in [0.25, 0.3) is 0 Å². The van der Waals surface area contributed by atoms with Crippen LogP contribution in [0.25, 0.3) is 10.9 Å². The lowest BCUT2D eigenvalue weighted by Gasteiger charge is -2.15. The number of hydrogen-bond donors (Lipinski definition) is 2. The van der Waals surface area contributed by atoms with E-state index in [9.17, 15) is 4.79 Å². The summed E-state index contributed by atoms with van der Waals surface area (Å²) in [6.07, 6.45) is 1.47. The van der Waals surface area contributed by atoms with Gasteiger partial charge in [0.2, 0.25) is 5.91 Å². The molecule has 104 valence electrons. The molecule has 5 heteroatoms. The van der Waals surface area contributed by atoms with E-state index in [1.807, 2.05) is 25.1 Å². The second kappa shape index (κ2) is 4.94. The molecular formula is C15H16ClN3O. The Bertz CT molecular complexity index is 717. The lowest BCUT2D eigenvalue weighted by Crippen LogP contribution is -2.25. The predicted octanol–water partition coefficient (Wildman–Crippen LogP) is 2.68. The molecule has 2 heterocycles. The summed E-state index contributed by atoms with van der Waals surface area (Å²) in [5.41, 5.74) is 9.61. The van der Waals surface area contributed by atoms with E-state index in [2.05, 4.69) is 9.98 Å². The van der Waals surface area contributed by atoms with Crippen LogP contribution in [0, 0.1) is 5.92 Å². The quantitative estimate of drug-likeness (QED) is 0.896. The van der Waals surface area contributed by atoms with Gasteiger partial charge in [-0.15, -0.1) is 0 Å². The molecule has 0 saturated heterocycles. The zero-order valence-corrected chi connectivity index (χ0v) is 12.0. The molecule has 0 aliphatic carbocycles. The highest BCUT2D eigenvalue weighted by Crippen LogP contribution is 2.29. The standard InChI is InChI=1S/C15H16ClN3O/c1-8(15(17)20)6-13-14-10(4-5-18-13)11-7-9(16)2-3-12(11)19-14/h2-3,7-8,19H,4-6H2,1H3,(H2,17,20). The maximum atomic E-state index is 11.2. The topological polar surface area (TPSA) is 71.2 Å². The molecule has 1 aromatic carbocycles. The Morgan fingerprint density at radius 2 is 2.35 bits per heavy atom. The molecule has 20 heavy (non-hydrogen) atoms. The average Bonchev–Trinajstić information content (AvgIpc) is 2.78. The van der Waals surface area contributed by atoms with Crippen molar-refractivity contribution in [2.24, 2.45) is 16.6 Å². The molecule has 0 fully saturated rings. The van der Waals surface area contributed by atoms with Crippen molar-refractivity contribution < 1.29 is 4.79 Å². The van der Waals surface area contributed by atoms with Gasteiger partial charge in [0.05, 0.1) is 11.4 Å². The van der Waals surface area contributed by atoms with Gasteiger partial charge in [-0.05, 0) is 30.2 Å². The van der Waals surface area contributed by atoms with Crippen molar-refractivity contribution >= 4 is 34.1 Å². The van der Waals surface area contributed by atoms with Crippen molar-refractivity contribution in [1.29, 1.82) is 0 Å². The smallest absolute Gasteiger partial charge is 0.220 e. The molecule has 1 aliphatic rings. The van der Waals surface area contributed by atoms with Gasteiger partial charge >= 0.3 is 0 Å². The van der Waals surface area contributed by atoms with Gasteiger partial charge in [-0.1, -0.05) is 18.5 Å². The number of aromatic nitrogens is 1. The van der Waals surface area contributed by atoms with Gasteiger partial charge in [-0.3, -0.25) is 9.79 Å². The fourth-order valence-electron chi connectivity index (χ4n) is 2.66. The van der Waals surface area contributed by atoms with Crippen LogP contribution in [0.5, 0.6) is 0 Å². The van der Waals surface area contributed by atoms with Crippen molar-refractivity contribution in [2.45, 2.75) is 19.8 Å². The third-order valence-electron chi connectivity index (χ3n) is 3.81. The molecule has 1 amide bonds. The summed E-state index contributed by atoms with van der Waals surface area (Å²) >= 11 is 6.08. The van der Waals surface area contributed by atoms with Crippen LogP contribution in [0.3, 0.4) is 0 Å². The Hall–Kier alpha value is -1.81. The van der Waals surface area contributed by atoms with E-state index in [0.717, 1.165) is 40.3 Å². The molecule has 1 atom stereocenters. The van der Waals surface area contributed by atoms with Gasteiger partial charge < -0.3 is 10.7 Å². The number of aromatic amines is 1. The molecule has 0 bridgehead atoms. The number of carbonyl (C=O) groups is 1. The maximum absolute atomic E-state index is 11.2. The largest absolute Gasteiger partial charge is 0.369 e. The van der Waals surface area contributed by atoms with Gasteiger partial charge in [0.1, 0.15) is 0 Å². The first-order valence-electron chi connectivity index (χ1n) is 6.69. The Labute approximate surface area is 122 Å². The summed E-state index contributed by atoms with van der Waals surface area (Å²) < 4.78 is 0. The Kier molecular flexibility index (Phi) is 3.26. The predicted molar refractivity (Wildman–Crippen MR) is 81.4 cm³/mol. The van der Waals surface area contributed by atoms with E-state index >= 15 is 0 Å².